The number of benzene rings is 2. The molecule has 42 heavy (non-hydrogen) atoms. The van der Waals surface area contributed by atoms with Gasteiger partial charge < -0.3 is 45.7 Å². The van der Waals surface area contributed by atoms with Crippen molar-refractivity contribution in [3.05, 3.63) is 77.4 Å². The molecule has 0 aromatic heterocycles. The van der Waals surface area contributed by atoms with Crippen molar-refractivity contribution in [2.45, 2.75) is 69.5 Å². The van der Waals surface area contributed by atoms with E-state index < -0.39 is 75.5 Å². The number of ketones is 1. The Kier molecular flexibility index (Phi) is 11.9. The Balaban J connectivity index is 1.87. The van der Waals surface area contributed by atoms with Gasteiger partial charge >= 0.3 is 13.8 Å². The van der Waals surface area contributed by atoms with E-state index in [2.05, 4.69) is 0 Å². The number of anilines is 1. The minimum Gasteiger partial charge on any atom is -0.462 e. The third kappa shape index (κ3) is 9.27. The molecule has 0 radical (unpaired) electrons. The largest absolute Gasteiger partial charge is 0.470 e. The van der Waals surface area contributed by atoms with Gasteiger partial charge in [-0.2, -0.15) is 0 Å². The number of phosphoric ester groups is 1. The number of aliphatic hydroxyl groups excluding tert-OH is 2. The monoisotopic (exact) mass is 608 g/mol. The summed E-state index contributed by atoms with van der Waals surface area (Å²) in [7, 11) is -5.25. The highest BCUT2D eigenvalue weighted by Crippen LogP contribution is 2.43. The van der Waals surface area contributed by atoms with Crippen LogP contribution in [0.3, 0.4) is 0 Å². The molecule has 230 valence electrons. The van der Waals surface area contributed by atoms with Crippen LogP contribution in [0.2, 0.25) is 0 Å². The number of carbonyl (C=O) groups excluding carboxylic acids is 2. The number of ether oxygens (including phenoxy) is 3. The van der Waals surface area contributed by atoms with E-state index in [1.807, 2.05) is 6.07 Å². The fourth-order valence-electron chi connectivity index (χ4n) is 4.41. The van der Waals surface area contributed by atoms with Gasteiger partial charge in [-0.15, -0.1) is 0 Å². The third-order valence-electron chi connectivity index (χ3n) is 6.79. The molecular weight excluding hydrogens is 571 g/mol. The van der Waals surface area contributed by atoms with E-state index >= 15 is 0 Å². The first-order chi connectivity index (χ1) is 19.8. The number of nitrogen functional groups attached to an aromatic ring is 1. The van der Waals surface area contributed by atoms with E-state index in [0.717, 1.165) is 5.56 Å². The van der Waals surface area contributed by atoms with Crippen LogP contribution in [0.1, 0.15) is 36.2 Å². The maximum absolute atomic E-state index is 13.2. The van der Waals surface area contributed by atoms with Crippen molar-refractivity contribution in [2.75, 3.05) is 12.3 Å². The van der Waals surface area contributed by atoms with Crippen molar-refractivity contribution < 1.29 is 52.9 Å². The average Bonchev–Trinajstić information content (AvgIpc) is 2.94. The second kappa shape index (κ2) is 15.0. The van der Waals surface area contributed by atoms with E-state index in [1.54, 1.807) is 43.3 Å². The van der Waals surface area contributed by atoms with Crippen LogP contribution in [-0.4, -0.2) is 81.2 Å². The van der Waals surface area contributed by atoms with E-state index in [4.69, 9.17) is 30.2 Å². The minimum absolute atomic E-state index is 0.151. The van der Waals surface area contributed by atoms with Crippen LogP contribution in [0.4, 0.5) is 5.69 Å². The van der Waals surface area contributed by atoms with Crippen LogP contribution in [0.5, 0.6) is 0 Å². The molecule has 13 nitrogen and oxygen atoms in total. The SMILES string of the molecule is C/C=C(\C)C(O)OC1C(CC(=O)c2ccccc2N)OC(COC(=O)C(N)Cc2ccccc2)C(O)C1OP(=O)(O)O. The van der Waals surface area contributed by atoms with Gasteiger partial charge in [0.05, 0.1) is 6.10 Å². The van der Waals surface area contributed by atoms with Crippen LogP contribution >= 0.6 is 7.82 Å². The van der Waals surface area contributed by atoms with Gasteiger partial charge in [0.25, 0.3) is 0 Å². The highest BCUT2D eigenvalue weighted by atomic mass is 31.2. The highest BCUT2D eigenvalue weighted by molar-refractivity contribution is 7.46. The van der Waals surface area contributed by atoms with Gasteiger partial charge in [-0.1, -0.05) is 48.5 Å². The molecule has 0 bridgehead atoms. The van der Waals surface area contributed by atoms with Crippen LogP contribution in [0.25, 0.3) is 0 Å². The lowest BCUT2D eigenvalue weighted by atomic mass is 9.90. The molecule has 7 unspecified atom stereocenters. The number of nitrogens with two attached hydrogens (primary N) is 2. The van der Waals surface area contributed by atoms with Gasteiger partial charge in [0.1, 0.15) is 37.1 Å². The van der Waals surface area contributed by atoms with Crippen molar-refractivity contribution in [1.29, 1.82) is 0 Å². The van der Waals surface area contributed by atoms with Crippen LogP contribution < -0.4 is 11.5 Å². The zero-order chi connectivity index (χ0) is 31.0. The molecule has 2 aromatic carbocycles. The Bertz CT molecular complexity index is 1290. The Hall–Kier alpha value is -2.97. The lowest BCUT2D eigenvalue weighted by Gasteiger charge is -2.44. The molecule has 3 rings (SSSR count). The normalized spacial score (nSPS) is 24.5. The lowest BCUT2D eigenvalue weighted by Crippen LogP contribution is -2.61. The van der Waals surface area contributed by atoms with Crippen LogP contribution in [0, 0.1) is 0 Å². The standard InChI is InChI=1S/C28H37N2O11P/c1-3-16(2)27(33)40-25-22(14-21(31)18-11-7-8-12-19(18)29)39-23(24(32)26(25)41-42(35,36)37)15-38-28(34)20(30)13-17-9-5-4-6-10-17/h3-12,20,22-27,32-33H,13-15,29-30H2,1-2H3,(H2,35,36,37)/b16-3+. The fourth-order valence-corrected chi connectivity index (χ4v) is 4.97. The average molecular weight is 609 g/mol. The van der Waals surface area contributed by atoms with Crippen molar-refractivity contribution in [1.82, 2.24) is 0 Å². The number of hydrogen-bond donors (Lipinski definition) is 6. The first kappa shape index (κ1) is 33.5. The zero-order valence-electron chi connectivity index (χ0n) is 23.2. The van der Waals surface area contributed by atoms with Gasteiger partial charge in [0.15, 0.2) is 12.1 Å². The first-order valence-electron chi connectivity index (χ1n) is 13.2. The molecule has 0 spiro atoms. The molecule has 8 N–H and O–H groups in total. The molecule has 1 heterocycles. The zero-order valence-corrected chi connectivity index (χ0v) is 24.1. The molecule has 1 fully saturated rings. The van der Waals surface area contributed by atoms with E-state index in [-0.39, 0.29) is 17.7 Å². The Morgan fingerprint density at radius 2 is 1.71 bits per heavy atom. The quantitative estimate of drug-likeness (QED) is 0.0471. The fraction of sp³-hybridized carbons (Fsp3) is 0.429. The molecule has 0 amide bonds. The molecule has 1 aliphatic rings. The van der Waals surface area contributed by atoms with Crippen molar-refractivity contribution >= 4 is 25.3 Å². The number of para-hydroxylation sites is 1. The molecule has 1 aliphatic heterocycles. The number of esters is 1. The first-order valence-corrected chi connectivity index (χ1v) is 14.7. The Labute approximate surface area is 243 Å². The summed E-state index contributed by atoms with van der Waals surface area (Å²) in [5.74, 6) is -1.33. The molecule has 14 heteroatoms. The summed E-state index contributed by atoms with van der Waals surface area (Å²) in [5.41, 5.74) is 13.4. The number of carbonyl (C=O) groups is 2. The number of aliphatic hydroxyl groups is 2. The van der Waals surface area contributed by atoms with Crippen LogP contribution in [-0.2, 0) is 34.5 Å². The number of Topliss-reactive ketones (excluding diaryl/α,β-unsaturated/α-hetero) is 1. The Morgan fingerprint density at radius 3 is 2.33 bits per heavy atom. The number of hydrogen-bond acceptors (Lipinski definition) is 11. The summed E-state index contributed by atoms with van der Waals surface area (Å²) >= 11 is 0. The molecule has 1 saturated heterocycles. The predicted molar refractivity (Wildman–Crippen MR) is 151 cm³/mol. The van der Waals surface area contributed by atoms with Gasteiger partial charge in [0, 0.05) is 17.7 Å². The van der Waals surface area contributed by atoms with E-state index in [0.29, 0.717) is 5.57 Å². The van der Waals surface area contributed by atoms with Crippen molar-refractivity contribution in [2.24, 2.45) is 5.73 Å². The summed E-state index contributed by atoms with van der Waals surface area (Å²) < 4.78 is 33.7. The van der Waals surface area contributed by atoms with E-state index in [9.17, 15) is 34.2 Å². The molecule has 2 aromatic rings. The third-order valence-corrected chi connectivity index (χ3v) is 7.30. The molecule has 0 aliphatic carbocycles. The summed E-state index contributed by atoms with van der Waals surface area (Å²) in [6.45, 7) is 2.57. The maximum atomic E-state index is 13.2. The van der Waals surface area contributed by atoms with E-state index in [1.165, 1.54) is 25.1 Å². The molecule has 0 saturated carbocycles. The highest BCUT2D eigenvalue weighted by Gasteiger charge is 2.51. The minimum atomic E-state index is -5.25. The summed E-state index contributed by atoms with van der Waals surface area (Å²) in [4.78, 5) is 45.1. The summed E-state index contributed by atoms with van der Waals surface area (Å²) in [6, 6.07) is 14.2. The van der Waals surface area contributed by atoms with Gasteiger partial charge in [-0.25, -0.2) is 4.57 Å². The summed E-state index contributed by atoms with van der Waals surface area (Å²) in [6.07, 6.45) is -8.29. The smallest absolute Gasteiger partial charge is 0.462 e. The second-order valence-corrected chi connectivity index (χ2v) is 11.1. The van der Waals surface area contributed by atoms with Gasteiger partial charge in [0.2, 0.25) is 0 Å². The number of allylic oxidation sites excluding steroid dienone is 1. The van der Waals surface area contributed by atoms with Crippen molar-refractivity contribution in [3.63, 3.8) is 0 Å². The van der Waals surface area contributed by atoms with Gasteiger partial charge in [-0.3, -0.25) is 14.1 Å². The second-order valence-electron chi connectivity index (χ2n) is 9.89. The lowest BCUT2D eigenvalue weighted by molar-refractivity contribution is -0.263. The molecule has 7 atom stereocenters. The summed E-state index contributed by atoms with van der Waals surface area (Å²) in [5, 5.41) is 21.6. The van der Waals surface area contributed by atoms with Gasteiger partial charge in [-0.05, 0) is 43.5 Å². The number of rotatable bonds is 13. The van der Waals surface area contributed by atoms with Crippen molar-refractivity contribution in [3.8, 4) is 0 Å². The van der Waals surface area contributed by atoms with Crippen LogP contribution in [0.15, 0.2) is 66.2 Å². The Morgan fingerprint density at radius 1 is 1.07 bits per heavy atom. The molecular formula is C28H37N2O11P. The predicted octanol–water partition coefficient (Wildman–Crippen LogP) is 1.23. The topological polar surface area (TPSA) is 221 Å². The maximum Gasteiger partial charge on any atom is 0.470 e. The number of phosphoric acid groups is 1.